The van der Waals surface area contributed by atoms with Crippen LogP contribution in [-0.4, -0.2) is 40.7 Å². The topological polar surface area (TPSA) is 60.2 Å². The van der Waals surface area contributed by atoms with Crippen LogP contribution in [0, 0.1) is 5.82 Å². The number of anilines is 1. The molecule has 0 saturated heterocycles. The van der Waals surface area contributed by atoms with Crippen LogP contribution in [-0.2, 0) is 17.6 Å². The minimum absolute atomic E-state index is 0.0678. The molecule has 4 aromatic rings. The lowest BCUT2D eigenvalue weighted by Crippen LogP contribution is -2.42. The zero-order valence-electron chi connectivity index (χ0n) is 20.5. The molecule has 196 valence electrons. The van der Waals surface area contributed by atoms with Crippen LogP contribution in [0.25, 0.3) is 11.3 Å². The number of carbonyl (C=O) groups is 1. The van der Waals surface area contributed by atoms with Crippen LogP contribution in [0.15, 0.2) is 72.9 Å². The van der Waals surface area contributed by atoms with Crippen LogP contribution in [0.4, 0.5) is 23.2 Å². The van der Waals surface area contributed by atoms with Gasteiger partial charge in [-0.2, -0.15) is 13.2 Å². The Bertz CT molecular complexity index is 1450. The number of alkyl halides is 3. The number of hydrogen-bond acceptors (Lipinski definition) is 4. The summed E-state index contributed by atoms with van der Waals surface area (Å²) in [5.74, 6) is -0.670. The van der Waals surface area contributed by atoms with Gasteiger partial charge in [0.15, 0.2) is 0 Å². The number of nitrogens with zero attached hydrogens (tertiary/aromatic N) is 4. The predicted molar refractivity (Wildman–Crippen MR) is 133 cm³/mol. The quantitative estimate of drug-likeness (QED) is 0.301. The van der Waals surface area contributed by atoms with Crippen LogP contribution in [0.3, 0.4) is 0 Å². The summed E-state index contributed by atoms with van der Waals surface area (Å²) in [6, 6.07) is 18.2. The molecular weight excluding hydrogens is 500 g/mol. The van der Waals surface area contributed by atoms with Crippen molar-refractivity contribution in [1.82, 2.24) is 15.0 Å². The summed E-state index contributed by atoms with van der Waals surface area (Å²) in [5, 5.41) is 8.22. The van der Waals surface area contributed by atoms with Gasteiger partial charge in [0, 0.05) is 11.1 Å². The van der Waals surface area contributed by atoms with Gasteiger partial charge >= 0.3 is 6.18 Å². The zero-order valence-corrected chi connectivity index (χ0v) is 20.5. The van der Waals surface area contributed by atoms with E-state index in [0.29, 0.717) is 17.0 Å². The van der Waals surface area contributed by atoms with Gasteiger partial charge < -0.3 is 9.64 Å². The van der Waals surface area contributed by atoms with Crippen LogP contribution < -0.4 is 9.64 Å². The summed E-state index contributed by atoms with van der Waals surface area (Å²) >= 11 is 0. The molecule has 1 atom stereocenters. The number of methoxy groups -OCH3 is 1. The van der Waals surface area contributed by atoms with Gasteiger partial charge in [-0.1, -0.05) is 47.7 Å². The monoisotopic (exact) mass is 524 g/mol. The van der Waals surface area contributed by atoms with Crippen LogP contribution in [0.1, 0.15) is 29.2 Å². The number of halogens is 4. The number of benzene rings is 3. The second kappa shape index (κ2) is 10.3. The van der Waals surface area contributed by atoms with Gasteiger partial charge in [0.25, 0.3) is 5.91 Å². The Hall–Kier alpha value is -4.21. The van der Waals surface area contributed by atoms with Crippen molar-refractivity contribution in [2.75, 3.05) is 18.6 Å². The molecule has 1 aliphatic rings. The van der Waals surface area contributed by atoms with E-state index >= 15 is 0 Å². The molecule has 1 unspecified atom stereocenters. The molecule has 0 radical (unpaired) electrons. The molecule has 0 bridgehead atoms. The number of hydrogen-bond donors (Lipinski definition) is 0. The maximum Gasteiger partial charge on any atom is 0.406 e. The smallest absolute Gasteiger partial charge is 0.406 e. The maximum absolute atomic E-state index is 14.5. The summed E-state index contributed by atoms with van der Waals surface area (Å²) in [4.78, 5) is 13.9. The molecule has 0 spiro atoms. The zero-order chi connectivity index (χ0) is 26.9. The first-order valence-electron chi connectivity index (χ1n) is 12.0. The van der Waals surface area contributed by atoms with Gasteiger partial charge in [-0.3, -0.25) is 4.79 Å². The molecule has 1 aromatic heterocycles. The van der Waals surface area contributed by atoms with E-state index in [0.717, 1.165) is 22.4 Å². The summed E-state index contributed by atoms with van der Waals surface area (Å²) < 4.78 is 61.2. The number of ether oxygens (including phenoxy) is 1. The molecule has 2 heterocycles. The fourth-order valence-corrected chi connectivity index (χ4v) is 4.71. The number of aromatic nitrogens is 3. The second-order valence-corrected chi connectivity index (χ2v) is 9.14. The van der Waals surface area contributed by atoms with Gasteiger partial charge in [-0.25, -0.2) is 9.07 Å². The van der Waals surface area contributed by atoms with E-state index in [1.807, 2.05) is 48.5 Å². The van der Waals surface area contributed by atoms with Crippen molar-refractivity contribution >= 4 is 11.6 Å². The van der Waals surface area contributed by atoms with Gasteiger partial charge in [0.1, 0.15) is 29.8 Å². The highest BCUT2D eigenvalue weighted by Crippen LogP contribution is 2.35. The third-order valence-electron chi connectivity index (χ3n) is 6.56. The van der Waals surface area contributed by atoms with Crippen molar-refractivity contribution in [2.45, 2.75) is 31.5 Å². The Morgan fingerprint density at radius 1 is 1.03 bits per heavy atom. The number of amides is 1. The van der Waals surface area contributed by atoms with Crippen molar-refractivity contribution in [1.29, 1.82) is 0 Å². The van der Waals surface area contributed by atoms with E-state index in [2.05, 4.69) is 10.3 Å². The summed E-state index contributed by atoms with van der Waals surface area (Å²) in [7, 11) is 1.62. The van der Waals surface area contributed by atoms with E-state index in [-0.39, 0.29) is 24.1 Å². The Labute approximate surface area is 216 Å². The lowest BCUT2D eigenvalue weighted by molar-refractivity contribution is -0.134. The average molecular weight is 525 g/mol. The van der Waals surface area contributed by atoms with Crippen molar-refractivity contribution in [3.8, 4) is 17.0 Å². The lowest BCUT2D eigenvalue weighted by atomic mass is 10.0. The first kappa shape index (κ1) is 25.4. The molecule has 10 heteroatoms. The van der Waals surface area contributed by atoms with Gasteiger partial charge in [0.05, 0.1) is 19.0 Å². The van der Waals surface area contributed by atoms with E-state index < -0.39 is 30.5 Å². The Morgan fingerprint density at radius 2 is 1.79 bits per heavy atom. The summed E-state index contributed by atoms with van der Waals surface area (Å²) in [6.07, 6.45) is -2.25. The standard InChI is InChI=1S/C28H24F4N4O2/c1-38-21-5-2-4-19(15-21)14-18-8-10-20(11-9-18)24-16-36(34-33-24)26-13-12-22-23(29)6-3-7-25(22)35(27(26)37)17-28(30,31)32/h2-11,15-16,26H,12-14,17H2,1H3. The molecule has 0 saturated carbocycles. The Kier molecular flexibility index (Phi) is 6.88. The number of rotatable bonds is 6. The lowest BCUT2D eigenvalue weighted by Gasteiger charge is -2.26. The van der Waals surface area contributed by atoms with Gasteiger partial charge in [0.2, 0.25) is 0 Å². The summed E-state index contributed by atoms with van der Waals surface area (Å²) in [6.45, 7) is -1.52. The van der Waals surface area contributed by atoms with Crippen LogP contribution in [0.5, 0.6) is 5.75 Å². The van der Waals surface area contributed by atoms with Crippen molar-refractivity contribution < 1.29 is 27.1 Å². The van der Waals surface area contributed by atoms with E-state index in [1.165, 1.54) is 29.1 Å². The Balaban J connectivity index is 1.38. The highest BCUT2D eigenvalue weighted by Gasteiger charge is 2.40. The molecule has 1 amide bonds. The number of carbonyl (C=O) groups excluding carboxylic acids is 1. The van der Waals surface area contributed by atoms with Crippen LogP contribution in [0.2, 0.25) is 0 Å². The second-order valence-electron chi connectivity index (χ2n) is 9.14. The fourth-order valence-electron chi connectivity index (χ4n) is 4.71. The highest BCUT2D eigenvalue weighted by atomic mass is 19.4. The Morgan fingerprint density at radius 3 is 2.53 bits per heavy atom. The maximum atomic E-state index is 14.5. The van der Waals surface area contributed by atoms with Gasteiger partial charge in [-0.05, 0) is 54.7 Å². The van der Waals surface area contributed by atoms with Crippen molar-refractivity contribution in [2.24, 2.45) is 0 Å². The molecule has 5 rings (SSSR count). The third-order valence-corrected chi connectivity index (χ3v) is 6.56. The molecule has 6 nitrogen and oxygen atoms in total. The summed E-state index contributed by atoms with van der Waals surface area (Å²) in [5.41, 5.74) is 3.39. The minimum Gasteiger partial charge on any atom is -0.497 e. The predicted octanol–water partition coefficient (Wildman–Crippen LogP) is 5.77. The van der Waals surface area contributed by atoms with Crippen molar-refractivity contribution in [3.05, 3.63) is 95.4 Å². The largest absolute Gasteiger partial charge is 0.497 e. The van der Waals surface area contributed by atoms with Crippen molar-refractivity contribution in [3.63, 3.8) is 0 Å². The average Bonchev–Trinajstić information content (AvgIpc) is 3.33. The molecule has 1 aliphatic heterocycles. The van der Waals surface area contributed by atoms with E-state index in [4.69, 9.17) is 4.74 Å². The fraction of sp³-hybridized carbons (Fsp3) is 0.250. The molecule has 0 fully saturated rings. The normalized spacial score (nSPS) is 15.8. The molecular formula is C28H24F4N4O2. The highest BCUT2D eigenvalue weighted by molar-refractivity contribution is 5.97. The van der Waals surface area contributed by atoms with E-state index in [1.54, 1.807) is 7.11 Å². The molecule has 0 N–H and O–H groups in total. The third kappa shape index (κ3) is 5.39. The molecule has 38 heavy (non-hydrogen) atoms. The van der Waals surface area contributed by atoms with Crippen LogP contribution >= 0.6 is 0 Å². The molecule has 3 aromatic carbocycles. The first-order valence-corrected chi connectivity index (χ1v) is 12.0. The van der Waals surface area contributed by atoms with Gasteiger partial charge in [-0.15, -0.1) is 5.10 Å². The van der Waals surface area contributed by atoms with E-state index in [9.17, 15) is 22.4 Å². The SMILES string of the molecule is COc1cccc(Cc2ccc(-c3cn(C4CCc5c(F)cccc5N(CC(F)(F)F)C4=O)nn3)cc2)c1. The first-order chi connectivity index (χ1) is 18.2. The minimum atomic E-state index is -4.66. The molecule has 0 aliphatic carbocycles. The number of fused-ring (bicyclic) bond motifs is 1.